The van der Waals surface area contributed by atoms with Gasteiger partial charge < -0.3 is 9.64 Å². The minimum atomic E-state index is -3.78. The summed E-state index contributed by atoms with van der Waals surface area (Å²) in [5, 5.41) is 0. The first kappa shape index (κ1) is 21.1. The number of carbonyl (C=O) groups is 1. The number of nitrogens with zero attached hydrogens (tertiary/aromatic N) is 1. The van der Waals surface area contributed by atoms with Gasteiger partial charge in [0.15, 0.2) is 14.6 Å². The van der Waals surface area contributed by atoms with Crippen molar-refractivity contribution >= 4 is 15.7 Å². The van der Waals surface area contributed by atoms with Crippen LogP contribution in [0.5, 0.6) is 5.75 Å². The smallest absolute Gasteiger partial charge is 0.252 e. The van der Waals surface area contributed by atoms with Gasteiger partial charge in [-0.2, -0.15) is 0 Å². The molecule has 0 spiro atoms. The molecule has 0 aliphatic carbocycles. The molecule has 1 amide bonds. The highest BCUT2D eigenvalue weighted by Gasteiger charge is 2.68. The molecule has 3 aromatic rings. The monoisotopic (exact) mass is 435 g/mol. The molecule has 4 rings (SSSR count). The second-order valence-corrected chi connectivity index (χ2v) is 10.2. The average Bonchev–Trinajstić information content (AvgIpc) is 2.76. The van der Waals surface area contributed by atoms with Crippen LogP contribution in [0.4, 0.5) is 0 Å². The number of sulfone groups is 1. The second-order valence-electron chi connectivity index (χ2n) is 7.97. The summed E-state index contributed by atoms with van der Waals surface area (Å²) in [5.41, 5.74) is 3.27. The number of β-lactam (4-membered cyclic amide) rings is 1. The third kappa shape index (κ3) is 3.41. The maximum atomic E-state index is 13.6. The fraction of sp³-hybridized carbons (Fsp3) is 0.240. The number of hydrogen-bond acceptors (Lipinski definition) is 4. The highest BCUT2D eigenvalue weighted by Crippen LogP contribution is 2.55. The lowest BCUT2D eigenvalue weighted by atomic mass is 9.76. The van der Waals surface area contributed by atoms with Crippen molar-refractivity contribution in [3.8, 4) is 5.75 Å². The summed E-state index contributed by atoms with van der Waals surface area (Å²) >= 11 is 0. The first-order valence-electron chi connectivity index (χ1n) is 10.0. The largest absolute Gasteiger partial charge is 0.497 e. The summed E-state index contributed by atoms with van der Waals surface area (Å²) < 4.78 is 30.0. The zero-order chi connectivity index (χ0) is 22.2. The van der Waals surface area contributed by atoms with E-state index >= 15 is 0 Å². The number of amides is 1. The molecule has 3 aromatic carbocycles. The topological polar surface area (TPSA) is 63.7 Å². The number of benzene rings is 3. The Morgan fingerprint density at radius 3 is 2.10 bits per heavy atom. The van der Waals surface area contributed by atoms with Crippen molar-refractivity contribution in [2.45, 2.75) is 24.3 Å². The fourth-order valence-electron chi connectivity index (χ4n) is 4.40. The van der Waals surface area contributed by atoms with Gasteiger partial charge in [0, 0.05) is 12.8 Å². The van der Waals surface area contributed by atoms with Crippen LogP contribution in [-0.4, -0.2) is 32.6 Å². The Morgan fingerprint density at radius 2 is 1.55 bits per heavy atom. The Morgan fingerprint density at radius 1 is 0.935 bits per heavy atom. The number of aryl methyl sites for hydroxylation is 1. The van der Waals surface area contributed by atoms with Gasteiger partial charge in [0.2, 0.25) is 0 Å². The van der Waals surface area contributed by atoms with Crippen molar-refractivity contribution in [2.24, 2.45) is 0 Å². The lowest BCUT2D eigenvalue weighted by Gasteiger charge is -2.55. The molecule has 160 valence electrons. The van der Waals surface area contributed by atoms with Gasteiger partial charge in [0.25, 0.3) is 5.91 Å². The molecule has 0 radical (unpaired) electrons. The minimum Gasteiger partial charge on any atom is -0.497 e. The van der Waals surface area contributed by atoms with E-state index in [4.69, 9.17) is 4.74 Å². The molecule has 0 bridgehead atoms. The summed E-state index contributed by atoms with van der Waals surface area (Å²) in [4.78, 5) is 15.3. The molecule has 0 N–H and O–H groups in total. The summed E-state index contributed by atoms with van der Waals surface area (Å²) in [6.45, 7) is 2.29. The van der Waals surface area contributed by atoms with Gasteiger partial charge in [-0.05, 0) is 35.7 Å². The van der Waals surface area contributed by atoms with Crippen molar-refractivity contribution < 1.29 is 17.9 Å². The highest BCUT2D eigenvalue weighted by molar-refractivity contribution is 7.92. The Balaban J connectivity index is 1.84. The van der Waals surface area contributed by atoms with Crippen molar-refractivity contribution in [2.75, 3.05) is 13.4 Å². The second kappa shape index (κ2) is 7.85. The number of carbonyl (C=O) groups excluding carboxylic acids is 1. The molecule has 1 aliphatic rings. The molecule has 0 saturated carbocycles. The van der Waals surface area contributed by atoms with Gasteiger partial charge in [0.1, 0.15) is 5.75 Å². The fourth-order valence-corrected chi connectivity index (χ4v) is 6.07. The Kier molecular flexibility index (Phi) is 5.35. The van der Waals surface area contributed by atoms with Crippen molar-refractivity contribution in [1.82, 2.24) is 4.90 Å². The molecule has 1 fully saturated rings. The lowest BCUT2D eigenvalue weighted by Crippen LogP contribution is -2.68. The van der Waals surface area contributed by atoms with Crippen LogP contribution in [0.1, 0.15) is 28.3 Å². The molecular weight excluding hydrogens is 410 g/mol. The SMILES string of the molecule is COc1ccc(CN2C(=O)[C@](c3ccccc3)(S(C)(=O)=O)[C@@H]2c2ccc(C)cc2)cc1. The van der Waals surface area contributed by atoms with E-state index in [9.17, 15) is 13.2 Å². The Bertz CT molecular complexity index is 1190. The van der Waals surface area contributed by atoms with E-state index in [0.29, 0.717) is 12.1 Å². The van der Waals surface area contributed by atoms with Gasteiger partial charge in [-0.15, -0.1) is 0 Å². The Labute approximate surface area is 183 Å². The predicted octanol–water partition coefficient (Wildman–Crippen LogP) is 4.03. The number of likely N-dealkylation sites (tertiary alicyclic amines) is 1. The van der Waals surface area contributed by atoms with Gasteiger partial charge in [-0.3, -0.25) is 4.79 Å². The van der Waals surface area contributed by atoms with Gasteiger partial charge >= 0.3 is 0 Å². The summed E-state index contributed by atoms with van der Waals surface area (Å²) in [6, 6.07) is 23.4. The normalized spacial score (nSPS) is 20.9. The molecule has 1 heterocycles. The van der Waals surface area contributed by atoms with Crippen LogP contribution < -0.4 is 4.74 Å². The van der Waals surface area contributed by atoms with E-state index in [1.165, 1.54) is 0 Å². The van der Waals surface area contributed by atoms with Crippen LogP contribution in [0.15, 0.2) is 78.9 Å². The summed E-state index contributed by atoms with van der Waals surface area (Å²) in [6.07, 6.45) is 1.16. The third-order valence-electron chi connectivity index (χ3n) is 5.97. The van der Waals surface area contributed by atoms with Gasteiger partial charge in [-0.1, -0.05) is 72.3 Å². The number of methoxy groups -OCH3 is 1. The molecule has 6 heteroatoms. The number of ether oxygens (including phenoxy) is 1. The van der Waals surface area contributed by atoms with Crippen molar-refractivity contribution in [3.05, 3.63) is 101 Å². The average molecular weight is 436 g/mol. The molecule has 31 heavy (non-hydrogen) atoms. The van der Waals surface area contributed by atoms with Crippen LogP contribution in [-0.2, 0) is 25.9 Å². The molecule has 1 aliphatic heterocycles. The first-order valence-corrected chi connectivity index (χ1v) is 11.9. The maximum absolute atomic E-state index is 13.6. The summed E-state index contributed by atoms with van der Waals surface area (Å²) in [7, 11) is -2.19. The molecule has 0 aromatic heterocycles. The van der Waals surface area contributed by atoms with E-state index in [2.05, 4.69) is 0 Å². The summed E-state index contributed by atoms with van der Waals surface area (Å²) in [5.74, 6) is 0.325. The maximum Gasteiger partial charge on any atom is 0.252 e. The van der Waals surface area contributed by atoms with E-state index < -0.39 is 26.5 Å². The van der Waals surface area contributed by atoms with Crippen LogP contribution >= 0.6 is 0 Å². The van der Waals surface area contributed by atoms with E-state index in [-0.39, 0.29) is 0 Å². The van der Waals surface area contributed by atoms with Crippen molar-refractivity contribution in [1.29, 1.82) is 0 Å². The Hall–Kier alpha value is -3.12. The highest BCUT2D eigenvalue weighted by atomic mass is 32.2. The van der Waals surface area contributed by atoms with Crippen LogP contribution in [0.25, 0.3) is 0 Å². The van der Waals surface area contributed by atoms with E-state index in [1.54, 1.807) is 36.3 Å². The molecule has 0 unspecified atom stereocenters. The molecule has 1 saturated heterocycles. The molecule has 5 nitrogen and oxygen atoms in total. The zero-order valence-electron chi connectivity index (χ0n) is 17.8. The predicted molar refractivity (Wildman–Crippen MR) is 120 cm³/mol. The van der Waals surface area contributed by atoms with Gasteiger partial charge in [0.05, 0.1) is 13.2 Å². The first-order chi connectivity index (χ1) is 14.8. The molecule has 2 atom stereocenters. The van der Waals surface area contributed by atoms with Crippen LogP contribution in [0.3, 0.4) is 0 Å². The minimum absolute atomic E-state index is 0.311. The third-order valence-corrected chi connectivity index (χ3v) is 7.77. The quantitative estimate of drug-likeness (QED) is 0.549. The number of hydrogen-bond donors (Lipinski definition) is 0. The van der Waals surface area contributed by atoms with E-state index in [1.807, 2.05) is 61.5 Å². The lowest BCUT2D eigenvalue weighted by molar-refractivity contribution is -0.155. The van der Waals surface area contributed by atoms with Crippen LogP contribution in [0.2, 0.25) is 0 Å². The van der Waals surface area contributed by atoms with E-state index in [0.717, 1.165) is 28.7 Å². The zero-order valence-corrected chi connectivity index (χ0v) is 18.6. The standard InChI is InChI=1S/C25H25NO4S/c1-18-9-13-20(14-10-18)23-25(31(3,28)29,21-7-5-4-6-8-21)24(27)26(23)17-19-11-15-22(30-2)16-12-19/h4-16,23H,17H2,1-3H3/t23-,25+/m0/s1. The number of rotatable bonds is 6. The van der Waals surface area contributed by atoms with Crippen LogP contribution in [0, 0.1) is 6.92 Å². The van der Waals surface area contributed by atoms with Crippen molar-refractivity contribution in [3.63, 3.8) is 0 Å². The van der Waals surface area contributed by atoms with Gasteiger partial charge in [-0.25, -0.2) is 8.42 Å². The molecular formula is C25H25NO4S.